The van der Waals surface area contributed by atoms with E-state index in [2.05, 4.69) is 31.9 Å². The SMILES string of the molecule is O=C(O)c1ccccc1-c1c2cc([N+](=O)[O-])c(=O)c(Br)c-2oc2c(Br)cc([N+](=O)[O-])cc12. The number of hydrogen-bond acceptors (Lipinski definition) is 7. The Kier molecular flexibility index (Phi) is 5.26. The van der Waals surface area contributed by atoms with Crippen molar-refractivity contribution in [2.75, 3.05) is 0 Å². The third-order valence-corrected chi connectivity index (χ3v) is 6.07. The van der Waals surface area contributed by atoms with Crippen LogP contribution in [0.1, 0.15) is 10.4 Å². The Morgan fingerprint density at radius 3 is 2.31 bits per heavy atom. The molecule has 2 aliphatic rings. The van der Waals surface area contributed by atoms with Gasteiger partial charge in [0.1, 0.15) is 10.1 Å². The first-order chi connectivity index (χ1) is 15.1. The highest BCUT2D eigenvalue weighted by molar-refractivity contribution is 9.11. The van der Waals surface area contributed by atoms with Crippen LogP contribution in [0.25, 0.3) is 33.4 Å². The van der Waals surface area contributed by atoms with Gasteiger partial charge in [-0.25, -0.2) is 4.79 Å². The standard InChI is InChI=1S/C20H8Br2N2O8/c21-13-6-8(23(28)29)5-11-15(9-3-1-2-4-10(9)20(26)27)12-7-14(24(30)31)17(25)16(22)19(12)32-18(11)13/h1-7H,(H,26,27). The first-order valence-electron chi connectivity index (χ1n) is 8.65. The minimum atomic E-state index is -1.28. The van der Waals surface area contributed by atoms with Gasteiger partial charge >= 0.3 is 11.7 Å². The topological polar surface area (TPSA) is 154 Å². The fraction of sp³-hybridized carbons (Fsp3) is 0. The summed E-state index contributed by atoms with van der Waals surface area (Å²) in [5.41, 5.74) is -1.76. The number of aromatic carboxylic acids is 1. The van der Waals surface area contributed by atoms with Crippen molar-refractivity contribution < 1.29 is 24.2 Å². The zero-order chi connectivity index (χ0) is 23.3. The first kappa shape index (κ1) is 21.6. The van der Waals surface area contributed by atoms with Crippen molar-refractivity contribution in [1.82, 2.24) is 0 Å². The molecule has 10 nitrogen and oxygen atoms in total. The highest BCUT2D eigenvalue weighted by Crippen LogP contribution is 2.47. The Balaban J connectivity index is 2.34. The van der Waals surface area contributed by atoms with E-state index in [1.807, 2.05) is 0 Å². The average molecular weight is 564 g/mol. The van der Waals surface area contributed by atoms with Gasteiger partial charge < -0.3 is 9.52 Å². The molecule has 0 fully saturated rings. The van der Waals surface area contributed by atoms with Crippen LogP contribution in [0.5, 0.6) is 0 Å². The number of nitrogens with zero attached hydrogens (tertiary/aromatic N) is 2. The van der Waals surface area contributed by atoms with Crippen molar-refractivity contribution in [3.8, 4) is 22.5 Å². The van der Waals surface area contributed by atoms with Gasteiger partial charge in [0, 0.05) is 34.7 Å². The van der Waals surface area contributed by atoms with E-state index < -0.39 is 26.9 Å². The minimum Gasteiger partial charge on any atom is -0.478 e. The number of non-ortho nitro benzene ring substituents is 2. The molecule has 1 aliphatic heterocycles. The molecule has 0 saturated carbocycles. The summed E-state index contributed by atoms with van der Waals surface area (Å²) in [5.74, 6) is -1.35. The Hall–Kier alpha value is -3.64. The van der Waals surface area contributed by atoms with E-state index in [9.17, 15) is 34.9 Å². The number of hydrogen-bond donors (Lipinski definition) is 1. The van der Waals surface area contributed by atoms with Gasteiger partial charge in [0.25, 0.3) is 11.1 Å². The van der Waals surface area contributed by atoms with Gasteiger partial charge in [-0.3, -0.25) is 25.0 Å². The van der Waals surface area contributed by atoms with Crippen LogP contribution in [0.3, 0.4) is 0 Å². The largest absolute Gasteiger partial charge is 0.478 e. The summed E-state index contributed by atoms with van der Waals surface area (Å²) >= 11 is 6.27. The van der Waals surface area contributed by atoms with Gasteiger partial charge in [-0.2, -0.15) is 0 Å². The fourth-order valence-electron chi connectivity index (χ4n) is 3.42. The molecule has 0 radical (unpaired) electrons. The summed E-state index contributed by atoms with van der Waals surface area (Å²) in [6.45, 7) is 0. The molecule has 32 heavy (non-hydrogen) atoms. The van der Waals surface area contributed by atoms with Crippen LogP contribution in [-0.2, 0) is 0 Å². The molecular formula is C20H8Br2N2O8. The molecule has 0 aromatic heterocycles. The van der Waals surface area contributed by atoms with Crippen molar-refractivity contribution in [2.24, 2.45) is 0 Å². The number of carbonyl (C=O) groups is 1. The molecule has 1 aliphatic carbocycles. The number of nitro benzene ring substituents is 2. The second-order valence-corrected chi connectivity index (χ2v) is 8.21. The molecule has 2 aromatic rings. The predicted molar refractivity (Wildman–Crippen MR) is 120 cm³/mol. The molecule has 4 rings (SSSR count). The van der Waals surface area contributed by atoms with Gasteiger partial charge in [-0.15, -0.1) is 0 Å². The third kappa shape index (κ3) is 3.33. The molecular weight excluding hydrogens is 556 g/mol. The van der Waals surface area contributed by atoms with E-state index in [4.69, 9.17) is 4.42 Å². The lowest BCUT2D eigenvalue weighted by Gasteiger charge is -2.18. The normalized spacial score (nSPS) is 11.1. The lowest BCUT2D eigenvalue weighted by atomic mass is 9.90. The number of benzene rings is 3. The highest BCUT2D eigenvalue weighted by Gasteiger charge is 2.30. The summed E-state index contributed by atoms with van der Waals surface area (Å²) in [6.07, 6.45) is 0. The van der Waals surface area contributed by atoms with Gasteiger partial charge in [-0.05, 0) is 43.5 Å². The maximum absolute atomic E-state index is 12.5. The Bertz CT molecular complexity index is 1510. The molecule has 12 heteroatoms. The van der Waals surface area contributed by atoms with Crippen LogP contribution >= 0.6 is 31.9 Å². The Morgan fingerprint density at radius 1 is 1.00 bits per heavy atom. The van der Waals surface area contributed by atoms with Crippen LogP contribution < -0.4 is 5.43 Å². The third-order valence-electron chi connectivity index (χ3n) is 4.76. The number of fused-ring (bicyclic) bond motifs is 2. The molecule has 0 atom stereocenters. The molecule has 0 amide bonds. The summed E-state index contributed by atoms with van der Waals surface area (Å²) in [4.78, 5) is 45.8. The van der Waals surface area contributed by atoms with Crippen LogP contribution in [0.2, 0.25) is 0 Å². The maximum atomic E-state index is 12.5. The molecule has 0 spiro atoms. The van der Waals surface area contributed by atoms with E-state index in [0.717, 1.165) is 6.07 Å². The number of rotatable bonds is 4. The van der Waals surface area contributed by atoms with Gasteiger partial charge in [0.2, 0.25) is 0 Å². The molecule has 0 saturated heterocycles. The van der Waals surface area contributed by atoms with E-state index in [0.29, 0.717) is 0 Å². The van der Waals surface area contributed by atoms with E-state index in [1.165, 1.54) is 30.3 Å². The smallest absolute Gasteiger partial charge is 0.336 e. The molecule has 1 N–H and O–H groups in total. The van der Waals surface area contributed by atoms with Crippen LogP contribution in [0, 0.1) is 20.2 Å². The molecule has 1 heterocycles. The fourth-order valence-corrected chi connectivity index (χ4v) is 4.45. The van der Waals surface area contributed by atoms with E-state index >= 15 is 0 Å². The number of nitro groups is 2. The van der Waals surface area contributed by atoms with Crippen LogP contribution in [0.4, 0.5) is 11.4 Å². The maximum Gasteiger partial charge on any atom is 0.336 e. The lowest BCUT2D eigenvalue weighted by Crippen LogP contribution is -2.11. The van der Waals surface area contributed by atoms with Crippen LogP contribution in [-0.4, -0.2) is 20.9 Å². The van der Waals surface area contributed by atoms with E-state index in [-0.39, 0.29) is 53.6 Å². The van der Waals surface area contributed by atoms with Crippen molar-refractivity contribution in [2.45, 2.75) is 0 Å². The van der Waals surface area contributed by atoms with Gasteiger partial charge in [-0.1, -0.05) is 18.2 Å². The average Bonchev–Trinajstić information content (AvgIpc) is 2.74. The lowest BCUT2D eigenvalue weighted by molar-refractivity contribution is -0.386. The van der Waals surface area contributed by atoms with Gasteiger partial charge in [0.15, 0.2) is 5.76 Å². The minimum absolute atomic E-state index is 0.0387. The van der Waals surface area contributed by atoms with Crippen molar-refractivity contribution >= 4 is 60.2 Å². The van der Waals surface area contributed by atoms with E-state index in [1.54, 1.807) is 6.07 Å². The number of carboxylic acids is 1. The predicted octanol–water partition coefficient (Wildman–Crippen LogP) is 5.60. The zero-order valence-electron chi connectivity index (χ0n) is 15.5. The second-order valence-electron chi connectivity index (χ2n) is 6.56. The highest BCUT2D eigenvalue weighted by atomic mass is 79.9. The summed E-state index contributed by atoms with van der Waals surface area (Å²) in [7, 11) is 0. The van der Waals surface area contributed by atoms with Crippen molar-refractivity contribution in [1.29, 1.82) is 0 Å². The molecule has 2 aromatic carbocycles. The van der Waals surface area contributed by atoms with Crippen molar-refractivity contribution in [3.63, 3.8) is 0 Å². The summed E-state index contributed by atoms with van der Waals surface area (Å²) in [6, 6.07) is 9.21. The van der Waals surface area contributed by atoms with Crippen LogP contribution in [0.15, 0.2) is 60.6 Å². The number of carboxylic acid groups (broad SMARTS) is 1. The monoisotopic (exact) mass is 562 g/mol. The summed E-state index contributed by atoms with van der Waals surface area (Å²) in [5, 5.41) is 32.7. The molecule has 160 valence electrons. The van der Waals surface area contributed by atoms with Gasteiger partial charge in [0.05, 0.1) is 19.9 Å². The summed E-state index contributed by atoms with van der Waals surface area (Å²) < 4.78 is 5.78. The molecule has 0 unspecified atom stereocenters. The Morgan fingerprint density at radius 2 is 1.69 bits per heavy atom. The first-order valence-corrected chi connectivity index (χ1v) is 10.2. The zero-order valence-corrected chi connectivity index (χ0v) is 18.7. The van der Waals surface area contributed by atoms with Crippen molar-refractivity contribution in [3.05, 3.63) is 87.4 Å². The molecule has 0 bridgehead atoms. The quantitative estimate of drug-likeness (QED) is 0.191. The number of halogens is 2. The Labute approximate surface area is 194 Å². The second kappa shape index (κ2) is 7.80.